The molecule has 0 radical (unpaired) electrons. The van der Waals surface area contributed by atoms with E-state index >= 15 is 0 Å². The highest BCUT2D eigenvalue weighted by atomic mass is 32.1. The molecule has 0 bridgehead atoms. The third-order valence-corrected chi connectivity index (χ3v) is 7.76. The Morgan fingerprint density at radius 3 is 2.72 bits per heavy atom. The number of allylic oxidation sites excluding steroid dienone is 3. The van der Waals surface area contributed by atoms with Gasteiger partial charge in [0.25, 0.3) is 5.91 Å². The maximum absolute atomic E-state index is 13.5. The van der Waals surface area contributed by atoms with Crippen molar-refractivity contribution >= 4 is 40.2 Å². The van der Waals surface area contributed by atoms with Crippen LogP contribution in [0.5, 0.6) is 0 Å². The van der Waals surface area contributed by atoms with Crippen molar-refractivity contribution in [1.29, 1.82) is 0 Å². The number of nitrogens with one attached hydrogen (secondary N) is 2. The van der Waals surface area contributed by atoms with Gasteiger partial charge in [0.15, 0.2) is 5.78 Å². The first-order valence-corrected chi connectivity index (χ1v) is 12.4. The standard InChI is InChI=1S/C25H23N3O2S2/c1-14-5-3-7-21(26-14)28-25(30)22-15(2)27-18-11-17(20-6-4-9-32-20)12-19(29)24(18)23(22)16-8-10-31-13-16/h3-10,13,17,23,27H,11-12H2,1-2H3,(H,26,28,30)/t17-,23+/m0/s1. The Balaban J connectivity index is 1.53. The van der Waals surface area contributed by atoms with Crippen LogP contribution in [0.1, 0.15) is 47.7 Å². The molecular formula is C25H23N3O2S2. The summed E-state index contributed by atoms with van der Waals surface area (Å²) in [6.07, 6.45) is 1.24. The van der Waals surface area contributed by atoms with Gasteiger partial charge in [0.2, 0.25) is 0 Å². The van der Waals surface area contributed by atoms with Gasteiger partial charge in [-0.25, -0.2) is 4.98 Å². The number of pyridine rings is 1. The Kier molecular flexibility index (Phi) is 5.53. The van der Waals surface area contributed by atoms with Gasteiger partial charge in [0.1, 0.15) is 5.82 Å². The molecule has 2 N–H and O–H groups in total. The normalized spacial score (nSPS) is 20.8. The van der Waals surface area contributed by atoms with Crippen molar-refractivity contribution in [2.24, 2.45) is 0 Å². The number of hydrogen-bond acceptors (Lipinski definition) is 6. The first kappa shape index (κ1) is 20.8. The number of Topliss-reactive ketones (excluding diaryl/α,β-unsaturated/α-hetero) is 1. The van der Waals surface area contributed by atoms with Crippen LogP contribution in [0.15, 0.2) is 75.1 Å². The summed E-state index contributed by atoms with van der Waals surface area (Å²) >= 11 is 3.27. The lowest BCUT2D eigenvalue weighted by Crippen LogP contribution is -2.36. The lowest BCUT2D eigenvalue weighted by molar-refractivity contribution is -0.116. The number of ketones is 1. The second-order valence-corrected chi connectivity index (χ2v) is 9.97. The zero-order chi connectivity index (χ0) is 22.2. The average Bonchev–Trinajstić information content (AvgIpc) is 3.47. The highest BCUT2D eigenvalue weighted by molar-refractivity contribution is 7.10. The van der Waals surface area contributed by atoms with Gasteiger partial charge in [0, 0.05) is 51.4 Å². The number of anilines is 1. The maximum atomic E-state index is 13.5. The lowest BCUT2D eigenvalue weighted by atomic mass is 9.73. The molecule has 2 aliphatic rings. The summed E-state index contributed by atoms with van der Waals surface area (Å²) in [6.45, 7) is 3.80. The number of hydrogen-bond donors (Lipinski definition) is 2. The van der Waals surface area contributed by atoms with Crippen molar-refractivity contribution in [3.8, 4) is 0 Å². The lowest BCUT2D eigenvalue weighted by Gasteiger charge is -2.36. The molecule has 0 aromatic carbocycles. The van der Waals surface area contributed by atoms with Gasteiger partial charge in [-0.2, -0.15) is 11.3 Å². The summed E-state index contributed by atoms with van der Waals surface area (Å²) in [5, 5.41) is 12.4. The number of amides is 1. The zero-order valence-corrected chi connectivity index (χ0v) is 19.5. The maximum Gasteiger partial charge on any atom is 0.255 e. The fourth-order valence-electron chi connectivity index (χ4n) is 4.63. The van der Waals surface area contributed by atoms with E-state index < -0.39 is 0 Å². The van der Waals surface area contributed by atoms with Gasteiger partial charge in [-0.1, -0.05) is 12.1 Å². The Morgan fingerprint density at radius 1 is 1.12 bits per heavy atom. The molecule has 0 unspecified atom stereocenters. The van der Waals surface area contributed by atoms with Crippen molar-refractivity contribution in [1.82, 2.24) is 10.3 Å². The number of aryl methyl sites for hydroxylation is 1. The Morgan fingerprint density at radius 2 is 2.00 bits per heavy atom. The van der Waals surface area contributed by atoms with Crippen molar-refractivity contribution in [2.45, 2.75) is 38.5 Å². The molecule has 162 valence electrons. The largest absolute Gasteiger partial charge is 0.362 e. The molecule has 1 amide bonds. The fourth-order valence-corrected chi connectivity index (χ4v) is 6.15. The minimum atomic E-state index is -0.376. The number of thiophene rings is 2. The van der Waals surface area contributed by atoms with Gasteiger partial charge in [-0.3, -0.25) is 9.59 Å². The van der Waals surface area contributed by atoms with Crippen LogP contribution in [0.3, 0.4) is 0 Å². The molecule has 0 saturated carbocycles. The highest BCUT2D eigenvalue weighted by Crippen LogP contribution is 2.46. The van der Waals surface area contributed by atoms with Crippen LogP contribution >= 0.6 is 22.7 Å². The van der Waals surface area contributed by atoms with Crippen LogP contribution in [0.2, 0.25) is 0 Å². The molecule has 5 nitrogen and oxygen atoms in total. The van der Waals surface area contributed by atoms with Gasteiger partial charge in [0.05, 0.1) is 0 Å². The Bertz CT molecular complexity index is 1240. The van der Waals surface area contributed by atoms with Crippen LogP contribution in [0.4, 0.5) is 5.82 Å². The molecule has 0 saturated heterocycles. The SMILES string of the molecule is CC1=C(C(=O)Nc2cccc(C)n2)[C@@H](c2ccsc2)C2=C(C[C@H](c3cccs3)CC2=O)N1. The van der Waals surface area contributed by atoms with Gasteiger partial charge in [-0.05, 0) is 66.2 Å². The van der Waals surface area contributed by atoms with Crippen molar-refractivity contribution < 1.29 is 9.59 Å². The van der Waals surface area contributed by atoms with E-state index in [0.717, 1.165) is 34.6 Å². The summed E-state index contributed by atoms with van der Waals surface area (Å²) in [4.78, 5) is 32.5. The summed E-state index contributed by atoms with van der Waals surface area (Å²) < 4.78 is 0. The minimum absolute atomic E-state index is 0.111. The Labute approximate surface area is 194 Å². The van der Waals surface area contributed by atoms with Crippen molar-refractivity contribution in [3.63, 3.8) is 0 Å². The molecular weight excluding hydrogens is 438 g/mol. The molecule has 7 heteroatoms. The highest BCUT2D eigenvalue weighted by Gasteiger charge is 2.41. The summed E-state index contributed by atoms with van der Waals surface area (Å²) in [6, 6.07) is 11.7. The quantitative estimate of drug-likeness (QED) is 0.537. The number of aromatic nitrogens is 1. The van der Waals surface area contributed by atoms with E-state index in [1.165, 1.54) is 4.88 Å². The van der Waals surface area contributed by atoms with Crippen molar-refractivity contribution in [3.05, 3.63) is 91.2 Å². The van der Waals surface area contributed by atoms with E-state index in [1.807, 2.05) is 48.9 Å². The molecule has 1 aliphatic heterocycles. The predicted molar refractivity (Wildman–Crippen MR) is 129 cm³/mol. The number of dihydropyridines is 1. The number of carbonyl (C=O) groups excluding carboxylic acids is 2. The number of rotatable bonds is 4. The average molecular weight is 462 g/mol. The topological polar surface area (TPSA) is 71.1 Å². The van der Waals surface area contributed by atoms with Gasteiger partial charge >= 0.3 is 0 Å². The van der Waals surface area contributed by atoms with E-state index in [-0.39, 0.29) is 23.5 Å². The minimum Gasteiger partial charge on any atom is -0.362 e. The summed E-state index contributed by atoms with van der Waals surface area (Å²) in [5.41, 5.74) is 4.84. The van der Waals surface area contributed by atoms with Crippen LogP contribution < -0.4 is 10.6 Å². The summed E-state index contributed by atoms with van der Waals surface area (Å²) in [5.74, 6) is 0.186. The molecule has 5 rings (SSSR count). The van der Waals surface area contributed by atoms with E-state index in [1.54, 1.807) is 28.7 Å². The van der Waals surface area contributed by atoms with Crippen LogP contribution in [-0.4, -0.2) is 16.7 Å². The molecule has 1 aliphatic carbocycles. The molecule has 0 spiro atoms. The molecule has 32 heavy (non-hydrogen) atoms. The van der Waals surface area contributed by atoms with Crippen molar-refractivity contribution in [2.75, 3.05) is 5.32 Å². The van der Waals surface area contributed by atoms with Crippen LogP contribution in [0, 0.1) is 6.92 Å². The zero-order valence-electron chi connectivity index (χ0n) is 17.8. The molecule has 3 aromatic heterocycles. The van der Waals surface area contributed by atoms with Gasteiger partial charge in [-0.15, -0.1) is 11.3 Å². The van der Waals surface area contributed by atoms with E-state index in [2.05, 4.69) is 27.1 Å². The second kappa shape index (κ2) is 8.48. The third-order valence-electron chi connectivity index (χ3n) is 6.02. The first-order chi connectivity index (χ1) is 15.5. The van der Waals surface area contributed by atoms with Crippen LogP contribution in [0.25, 0.3) is 0 Å². The van der Waals surface area contributed by atoms with E-state index in [4.69, 9.17) is 0 Å². The molecule has 4 heterocycles. The molecule has 3 aromatic rings. The third kappa shape index (κ3) is 3.82. The molecule has 2 atom stereocenters. The first-order valence-electron chi connectivity index (χ1n) is 10.6. The van der Waals surface area contributed by atoms with Crippen LogP contribution in [-0.2, 0) is 9.59 Å². The number of nitrogens with zero attached hydrogens (tertiary/aromatic N) is 1. The smallest absolute Gasteiger partial charge is 0.255 e. The monoisotopic (exact) mass is 461 g/mol. The Hall–Kier alpha value is -3.03. The van der Waals surface area contributed by atoms with Gasteiger partial charge < -0.3 is 10.6 Å². The summed E-state index contributed by atoms with van der Waals surface area (Å²) in [7, 11) is 0. The molecule has 0 fully saturated rings. The predicted octanol–water partition coefficient (Wildman–Crippen LogP) is 5.51. The fraction of sp³-hybridized carbons (Fsp3) is 0.240. The second-order valence-electron chi connectivity index (χ2n) is 8.21. The number of carbonyl (C=O) groups is 2. The van der Waals surface area contributed by atoms with E-state index in [0.29, 0.717) is 17.8 Å². The van der Waals surface area contributed by atoms with E-state index in [9.17, 15) is 9.59 Å².